The summed E-state index contributed by atoms with van der Waals surface area (Å²) in [6, 6.07) is 5.28. The molecule has 20 heteroatoms. The van der Waals surface area contributed by atoms with Crippen LogP contribution in [0.25, 0.3) is 0 Å². The Morgan fingerprint density at radius 1 is 0.542 bits per heavy atom. The van der Waals surface area contributed by atoms with Crippen molar-refractivity contribution >= 4 is 47.1 Å². The standard InChI is InChI=1S/C51H84N4O14.CH4.FHO/c1-40-25-27-41(28-26-40)50(63)53-31-17-16-22-44(49(52)62)54-47(59)39-69-37-35-67-33-19-21-43(57)38-68-36-34-66-32-18-20-42(56)29-30-45(51(64)65)55-46(58)23-14-12-10-8-6-4-2-3-5-7-9-11-13-15-24-48(60)61;;1-2/h25-28,44-45H,2-24,29-39H2,1H3,(H2,52,62)(H,53,63)(H,54,59)(H,55,58)(H,60,61)(H,64,65);1H4;2H/i;1T;. The molecule has 1 rings (SSSR count). The highest BCUT2D eigenvalue weighted by Gasteiger charge is 2.21. The number of ketones is 2. The smallest absolute Gasteiger partial charge is 0.326 e. The first-order valence-electron chi connectivity index (χ1n) is 26.5. The number of rotatable bonds is 48. The molecule has 8 N–H and O–H groups in total. The zero-order valence-corrected chi connectivity index (χ0v) is 43.2. The largest absolute Gasteiger partial charge is 0.481 e. The number of carbonyl (C=O) groups is 8. The van der Waals surface area contributed by atoms with Gasteiger partial charge < -0.3 is 50.8 Å². The molecule has 0 radical (unpaired) electrons. The fraction of sp³-hybridized carbons (Fsp3) is 0.731. The highest BCUT2D eigenvalue weighted by molar-refractivity contribution is 5.94. The van der Waals surface area contributed by atoms with E-state index in [1.807, 2.05) is 19.1 Å². The SMILES string of the molecule is Cc1ccc(C(=O)NCCCCC(NC(=O)COCCOCCCC(=O)COCCOCCCC(=O)CCC(NC(=O)CCCCCCCCCCCCCCCCC(=O)O)C(=O)O)C(N)=O)cc1.OF.[3H]C. The zero-order valence-electron chi connectivity index (χ0n) is 44.2. The highest BCUT2D eigenvalue weighted by Crippen LogP contribution is 2.14. The van der Waals surface area contributed by atoms with E-state index in [1.165, 1.54) is 52.3 Å². The van der Waals surface area contributed by atoms with Crippen LogP contribution in [0.5, 0.6) is 0 Å². The predicted octanol–water partition coefficient (Wildman–Crippen LogP) is 6.81. The number of carboxylic acids is 2. The molecule has 2 unspecified atom stereocenters. The lowest BCUT2D eigenvalue weighted by Gasteiger charge is -2.15. The van der Waals surface area contributed by atoms with Crippen LogP contribution in [0.4, 0.5) is 4.53 Å². The minimum atomic E-state index is -1.16. The summed E-state index contributed by atoms with van der Waals surface area (Å²) in [4.78, 5) is 95.4. The molecule has 2 atom stereocenters. The lowest BCUT2D eigenvalue weighted by Crippen LogP contribution is -2.45. The molecule has 0 bridgehead atoms. The number of nitrogens with two attached hydrogens (primary N) is 1. The van der Waals surface area contributed by atoms with Crippen LogP contribution in [0.1, 0.15) is 185 Å². The van der Waals surface area contributed by atoms with Crippen molar-refractivity contribution in [2.45, 2.75) is 187 Å². The molecule has 0 aliphatic carbocycles. The van der Waals surface area contributed by atoms with Gasteiger partial charge in [-0.3, -0.25) is 33.6 Å². The molecule has 1 aromatic carbocycles. The molecule has 0 aromatic heterocycles. The van der Waals surface area contributed by atoms with E-state index in [9.17, 15) is 43.5 Å². The Morgan fingerprint density at radius 2 is 1.01 bits per heavy atom. The van der Waals surface area contributed by atoms with Gasteiger partial charge in [0.2, 0.25) is 17.7 Å². The number of primary amides is 1. The topological polar surface area (TPSA) is 296 Å². The number of hydrogen-bond donors (Lipinski definition) is 7. The summed E-state index contributed by atoms with van der Waals surface area (Å²) in [5.41, 5.74) is 7.08. The molecule has 72 heavy (non-hydrogen) atoms. The van der Waals surface area contributed by atoms with E-state index >= 15 is 0 Å². The molecule has 0 aliphatic heterocycles. The van der Waals surface area contributed by atoms with Gasteiger partial charge in [-0.25, -0.2) is 10.1 Å². The van der Waals surface area contributed by atoms with E-state index < -0.39 is 35.8 Å². The molecule has 0 fully saturated rings. The summed E-state index contributed by atoms with van der Waals surface area (Å²) in [7, 11) is 1.25. The van der Waals surface area contributed by atoms with Crippen LogP contribution in [-0.4, -0.2) is 134 Å². The minimum Gasteiger partial charge on any atom is -0.481 e. The Morgan fingerprint density at radius 3 is 1.53 bits per heavy atom. The van der Waals surface area contributed by atoms with Crippen molar-refractivity contribution in [3.8, 4) is 0 Å². The molecule has 19 nitrogen and oxygen atoms in total. The van der Waals surface area contributed by atoms with Gasteiger partial charge >= 0.3 is 11.9 Å². The number of amides is 4. The average Bonchev–Trinajstić information content (AvgIpc) is 3.37. The van der Waals surface area contributed by atoms with Crippen molar-refractivity contribution in [3.63, 3.8) is 0 Å². The van der Waals surface area contributed by atoms with E-state index in [0.29, 0.717) is 63.8 Å². The van der Waals surface area contributed by atoms with Crippen LogP contribution in [0.15, 0.2) is 24.3 Å². The predicted molar refractivity (Wildman–Crippen MR) is 271 cm³/mol. The summed E-state index contributed by atoms with van der Waals surface area (Å²) >= 11 is 0. The van der Waals surface area contributed by atoms with Gasteiger partial charge in [-0.05, 0) is 70.4 Å². The zero-order chi connectivity index (χ0) is 54.7. The molecule has 414 valence electrons. The van der Waals surface area contributed by atoms with Crippen molar-refractivity contribution in [1.29, 1.82) is 0 Å². The second-order valence-electron chi connectivity index (χ2n) is 17.6. The molecular formula is C52H89FN4O15. The Labute approximate surface area is 428 Å². The monoisotopic (exact) mass is 1030 g/mol. The first kappa shape index (κ1) is 67.1. The number of nitrogens with one attached hydrogen (secondary N) is 3. The summed E-state index contributed by atoms with van der Waals surface area (Å²) in [5.74, 6) is -3.71. The Balaban J connectivity index is 0. The summed E-state index contributed by atoms with van der Waals surface area (Å²) in [5, 5.41) is 31.7. The molecular weight excluding hydrogens is 940 g/mol. The number of Topliss-reactive ketones (excluding diaryl/α,β-unsaturated/α-hetero) is 2. The second kappa shape index (κ2) is 48.4. The summed E-state index contributed by atoms with van der Waals surface area (Å²) in [6.07, 6.45) is 18.6. The van der Waals surface area contributed by atoms with Gasteiger partial charge in [0, 0.05) is 58.8 Å². The van der Waals surface area contributed by atoms with Gasteiger partial charge in [0.05, 0.1) is 26.4 Å². The third kappa shape index (κ3) is 42.8. The maximum absolute atomic E-state index is 12.4. The van der Waals surface area contributed by atoms with Crippen molar-refractivity contribution in [1.82, 2.24) is 16.0 Å². The third-order valence-electron chi connectivity index (χ3n) is 11.3. The molecule has 1 aromatic rings. The second-order valence-corrected chi connectivity index (χ2v) is 17.6. The Hall–Kier alpha value is -4.89. The number of benzene rings is 1. The average molecular weight is 1030 g/mol. The number of aliphatic carboxylic acids is 2. The number of aryl methyl sites for hydroxylation is 1. The highest BCUT2D eigenvalue weighted by atomic mass is 19.3. The van der Waals surface area contributed by atoms with E-state index in [2.05, 4.69) is 16.0 Å². The molecule has 0 aliphatic rings. The maximum atomic E-state index is 12.4. The van der Waals surface area contributed by atoms with Crippen LogP contribution in [0, 0.1) is 6.92 Å². The quantitative estimate of drug-likeness (QED) is 0.0330. The lowest BCUT2D eigenvalue weighted by molar-refractivity contribution is -0.142. The number of halogens is 1. The van der Waals surface area contributed by atoms with Gasteiger partial charge in [0.15, 0.2) is 5.78 Å². The molecule has 0 saturated heterocycles. The molecule has 0 spiro atoms. The van der Waals surface area contributed by atoms with Crippen LogP contribution >= 0.6 is 0 Å². The van der Waals surface area contributed by atoms with E-state index in [-0.39, 0.29) is 102 Å². The minimum absolute atomic E-state index is 0.0285. The number of ether oxygens (including phenoxy) is 4. The Bertz CT molecular complexity index is 1630. The van der Waals surface area contributed by atoms with Crippen molar-refractivity contribution in [2.24, 2.45) is 5.73 Å². The van der Waals surface area contributed by atoms with Gasteiger partial charge in [-0.2, -0.15) is 0 Å². The van der Waals surface area contributed by atoms with Gasteiger partial charge in [0.25, 0.3) is 5.91 Å². The summed E-state index contributed by atoms with van der Waals surface area (Å²) < 4.78 is 35.9. The fourth-order valence-electron chi connectivity index (χ4n) is 7.25. The van der Waals surface area contributed by atoms with E-state index in [4.69, 9.17) is 41.0 Å². The van der Waals surface area contributed by atoms with Crippen LogP contribution in [0.2, 0.25) is 0 Å². The first-order chi connectivity index (χ1) is 35.3. The number of carboxylic acid groups (broad SMARTS) is 2. The number of carbonyl (C=O) groups excluding carboxylic acids is 6. The molecule has 0 saturated carbocycles. The molecule has 4 amide bonds. The maximum Gasteiger partial charge on any atom is 0.326 e. The Kier molecular flexibility index (Phi) is 45.1. The van der Waals surface area contributed by atoms with Crippen molar-refractivity contribution < 1.29 is 78.7 Å². The van der Waals surface area contributed by atoms with Gasteiger partial charge in [-0.1, -0.05) is 107 Å². The van der Waals surface area contributed by atoms with E-state index in [1.54, 1.807) is 12.1 Å². The normalized spacial score (nSPS) is 11.6. The number of hydrogen-bond acceptors (Lipinski definition) is 13. The third-order valence-corrected chi connectivity index (χ3v) is 11.3. The van der Waals surface area contributed by atoms with Crippen molar-refractivity contribution in [2.75, 3.05) is 59.4 Å². The van der Waals surface area contributed by atoms with Gasteiger partial charge in [-0.15, -0.1) is 0 Å². The van der Waals surface area contributed by atoms with Crippen molar-refractivity contribution in [3.05, 3.63) is 35.4 Å². The van der Waals surface area contributed by atoms with E-state index in [0.717, 1.165) is 44.1 Å². The van der Waals surface area contributed by atoms with Crippen LogP contribution < -0.4 is 21.7 Å². The summed E-state index contributed by atoms with van der Waals surface area (Å²) in [6.45, 7) is 3.44. The van der Waals surface area contributed by atoms with Crippen LogP contribution in [0.3, 0.4) is 0 Å². The van der Waals surface area contributed by atoms with Crippen LogP contribution in [-0.2, 0) is 52.5 Å². The fourth-order valence-corrected chi connectivity index (χ4v) is 7.25. The number of unbranched alkanes of at least 4 members (excludes halogenated alkanes) is 14. The first-order valence-corrected chi connectivity index (χ1v) is 25.5. The lowest BCUT2D eigenvalue weighted by atomic mass is 10.0. The van der Waals surface area contributed by atoms with Gasteiger partial charge in [0.1, 0.15) is 31.1 Å². The molecule has 0 heterocycles.